The molecule has 0 radical (unpaired) electrons. The van der Waals surface area contributed by atoms with Crippen LogP contribution < -0.4 is 4.74 Å². The molecule has 2 aromatic rings. The molecule has 0 bridgehead atoms. The summed E-state index contributed by atoms with van der Waals surface area (Å²) in [5, 5.41) is 10.8. The van der Waals surface area contributed by atoms with E-state index in [9.17, 15) is 5.11 Å². The molecule has 0 aromatic carbocycles. The molecule has 0 spiro atoms. The Hall–Kier alpha value is -0.860. The summed E-state index contributed by atoms with van der Waals surface area (Å²) >= 11 is 2.22. The van der Waals surface area contributed by atoms with Crippen molar-refractivity contribution in [3.63, 3.8) is 0 Å². The van der Waals surface area contributed by atoms with Gasteiger partial charge in [0, 0.05) is 43.9 Å². The molecule has 102 valence electrons. The summed E-state index contributed by atoms with van der Waals surface area (Å²) in [5.74, 6) is 0.680. The second kappa shape index (κ2) is 4.92. The summed E-state index contributed by atoms with van der Waals surface area (Å²) in [6, 6.07) is 1.87. The lowest BCUT2D eigenvalue weighted by Gasteiger charge is -2.33. The number of ether oxygens (including phenoxy) is 2. The molecule has 1 fully saturated rings. The summed E-state index contributed by atoms with van der Waals surface area (Å²) in [5.41, 5.74) is 0.743. The minimum Gasteiger partial charge on any atom is -0.496 e. The van der Waals surface area contributed by atoms with Crippen molar-refractivity contribution in [1.82, 2.24) is 9.38 Å². The van der Waals surface area contributed by atoms with Crippen LogP contribution in [-0.2, 0) is 10.3 Å². The molecule has 5 nitrogen and oxygen atoms in total. The van der Waals surface area contributed by atoms with Gasteiger partial charge in [-0.3, -0.25) is 4.40 Å². The Labute approximate surface area is 124 Å². The lowest BCUT2D eigenvalue weighted by Crippen LogP contribution is -2.34. The molecule has 0 aliphatic carbocycles. The van der Waals surface area contributed by atoms with E-state index in [0.717, 1.165) is 14.9 Å². The molecule has 1 aliphatic heterocycles. The van der Waals surface area contributed by atoms with Gasteiger partial charge in [-0.25, -0.2) is 4.98 Å². The zero-order valence-corrected chi connectivity index (χ0v) is 12.8. The predicted molar refractivity (Wildman–Crippen MR) is 78.4 cm³/mol. The van der Waals surface area contributed by atoms with Gasteiger partial charge < -0.3 is 14.6 Å². The highest BCUT2D eigenvalue weighted by molar-refractivity contribution is 14.1. The Kier molecular flexibility index (Phi) is 3.40. The first-order chi connectivity index (χ1) is 9.14. The van der Waals surface area contributed by atoms with Crippen LogP contribution in [0, 0.1) is 3.70 Å². The van der Waals surface area contributed by atoms with E-state index in [0.29, 0.717) is 31.8 Å². The number of aliphatic hydroxyl groups is 1. The maximum atomic E-state index is 10.8. The normalized spacial score (nSPS) is 18.7. The van der Waals surface area contributed by atoms with Gasteiger partial charge in [-0.05, 0) is 22.6 Å². The monoisotopic (exact) mass is 374 g/mol. The van der Waals surface area contributed by atoms with E-state index in [1.165, 1.54) is 0 Å². The second-order valence-corrected chi connectivity index (χ2v) is 5.81. The third-order valence-corrected chi connectivity index (χ3v) is 4.40. The third-order valence-electron chi connectivity index (χ3n) is 3.61. The molecule has 0 amide bonds. The highest BCUT2D eigenvalue weighted by atomic mass is 127. The number of aromatic nitrogens is 2. The summed E-state index contributed by atoms with van der Waals surface area (Å²) < 4.78 is 13.7. The van der Waals surface area contributed by atoms with Crippen LogP contribution in [0.1, 0.15) is 18.4 Å². The molecule has 0 saturated carbocycles. The SMILES string of the molecule is COc1cc2ncc(I)n2cc1C1(O)CCOCC1. The number of fused-ring (bicyclic) bond motifs is 1. The molecule has 6 heteroatoms. The predicted octanol–water partition coefficient (Wildman–Crippen LogP) is 1.95. The number of hydrogen-bond acceptors (Lipinski definition) is 4. The van der Waals surface area contributed by atoms with Crippen LogP contribution in [0.3, 0.4) is 0 Å². The van der Waals surface area contributed by atoms with Gasteiger partial charge in [0.15, 0.2) is 0 Å². The topological polar surface area (TPSA) is 56.0 Å². The van der Waals surface area contributed by atoms with Crippen molar-refractivity contribution in [2.24, 2.45) is 0 Å². The summed E-state index contributed by atoms with van der Waals surface area (Å²) in [7, 11) is 1.62. The highest BCUT2D eigenvalue weighted by Gasteiger charge is 2.35. The van der Waals surface area contributed by atoms with Crippen LogP contribution >= 0.6 is 22.6 Å². The Morgan fingerprint density at radius 1 is 1.47 bits per heavy atom. The molecule has 3 heterocycles. The van der Waals surface area contributed by atoms with Crippen molar-refractivity contribution in [3.05, 3.63) is 27.7 Å². The molecule has 19 heavy (non-hydrogen) atoms. The van der Waals surface area contributed by atoms with Gasteiger partial charge in [-0.15, -0.1) is 0 Å². The van der Waals surface area contributed by atoms with Crippen LogP contribution in [0.25, 0.3) is 5.65 Å². The van der Waals surface area contributed by atoms with Crippen molar-refractivity contribution in [1.29, 1.82) is 0 Å². The Bertz CT molecular complexity index is 605. The van der Waals surface area contributed by atoms with Gasteiger partial charge in [0.05, 0.1) is 18.9 Å². The number of rotatable bonds is 2. The number of hydrogen-bond donors (Lipinski definition) is 1. The third kappa shape index (κ3) is 2.21. The van der Waals surface area contributed by atoms with E-state index in [4.69, 9.17) is 9.47 Å². The largest absolute Gasteiger partial charge is 0.496 e. The first kappa shape index (κ1) is 13.1. The number of nitrogens with zero attached hydrogens (tertiary/aromatic N) is 2. The molecule has 0 unspecified atom stereocenters. The molecule has 1 saturated heterocycles. The average Bonchev–Trinajstić information content (AvgIpc) is 2.79. The summed E-state index contributed by atoms with van der Waals surface area (Å²) in [6.45, 7) is 1.14. The number of halogens is 1. The number of imidazole rings is 1. The molecular weight excluding hydrogens is 359 g/mol. The van der Waals surface area contributed by atoms with Crippen LogP contribution in [0.2, 0.25) is 0 Å². The zero-order chi connectivity index (χ0) is 13.5. The van der Waals surface area contributed by atoms with E-state index >= 15 is 0 Å². The molecule has 2 aromatic heterocycles. The maximum Gasteiger partial charge on any atom is 0.141 e. The van der Waals surface area contributed by atoms with Gasteiger partial charge in [-0.1, -0.05) is 0 Å². The van der Waals surface area contributed by atoms with E-state index in [2.05, 4.69) is 27.6 Å². The van der Waals surface area contributed by atoms with Crippen LogP contribution in [0.15, 0.2) is 18.5 Å². The Balaban J connectivity index is 2.17. The van der Waals surface area contributed by atoms with Crippen LogP contribution in [0.5, 0.6) is 5.75 Å². The molecule has 1 aliphatic rings. The van der Waals surface area contributed by atoms with E-state index < -0.39 is 5.60 Å². The van der Waals surface area contributed by atoms with Crippen molar-refractivity contribution in [2.45, 2.75) is 18.4 Å². The minimum atomic E-state index is -0.884. The van der Waals surface area contributed by atoms with E-state index in [1.54, 1.807) is 13.3 Å². The molecule has 1 N–H and O–H groups in total. The van der Waals surface area contributed by atoms with Crippen molar-refractivity contribution >= 4 is 28.2 Å². The fourth-order valence-electron chi connectivity index (χ4n) is 2.47. The van der Waals surface area contributed by atoms with E-state index in [1.807, 2.05) is 16.7 Å². The number of methoxy groups -OCH3 is 1. The fourth-order valence-corrected chi connectivity index (χ4v) is 3.00. The van der Waals surface area contributed by atoms with Crippen LogP contribution in [0.4, 0.5) is 0 Å². The Morgan fingerprint density at radius 3 is 2.89 bits per heavy atom. The van der Waals surface area contributed by atoms with Gasteiger partial charge in [0.25, 0.3) is 0 Å². The summed E-state index contributed by atoms with van der Waals surface area (Å²) in [4.78, 5) is 4.30. The standard InChI is InChI=1S/C13H15IN2O3/c1-18-10-6-12-15-7-11(14)16(12)8-9(10)13(17)2-4-19-5-3-13/h6-8,17H,2-5H2,1H3. The molecule has 0 atom stereocenters. The quantitative estimate of drug-likeness (QED) is 0.817. The van der Waals surface area contributed by atoms with Gasteiger partial charge >= 0.3 is 0 Å². The number of pyridine rings is 1. The van der Waals surface area contributed by atoms with E-state index in [-0.39, 0.29) is 0 Å². The lowest BCUT2D eigenvalue weighted by molar-refractivity contribution is -0.0691. The minimum absolute atomic E-state index is 0.568. The van der Waals surface area contributed by atoms with Crippen molar-refractivity contribution in [3.8, 4) is 5.75 Å². The first-order valence-corrected chi connectivity index (χ1v) is 7.23. The van der Waals surface area contributed by atoms with Gasteiger partial charge in [0.2, 0.25) is 0 Å². The molecular formula is C13H15IN2O3. The second-order valence-electron chi connectivity index (χ2n) is 4.71. The highest BCUT2D eigenvalue weighted by Crippen LogP contribution is 2.38. The van der Waals surface area contributed by atoms with Crippen LogP contribution in [-0.4, -0.2) is 34.8 Å². The fraction of sp³-hybridized carbons (Fsp3) is 0.462. The maximum absolute atomic E-state index is 10.8. The molecule has 3 rings (SSSR count). The Morgan fingerprint density at radius 2 is 2.21 bits per heavy atom. The van der Waals surface area contributed by atoms with Gasteiger partial charge in [0.1, 0.15) is 15.1 Å². The lowest BCUT2D eigenvalue weighted by atomic mass is 9.87. The van der Waals surface area contributed by atoms with Crippen molar-refractivity contribution < 1.29 is 14.6 Å². The zero-order valence-electron chi connectivity index (χ0n) is 10.6. The first-order valence-electron chi connectivity index (χ1n) is 6.15. The van der Waals surface area contributed by atoms with Gasteiger partial charge in [-0.2, -0.15) is 0 Å². The smallest absolute Gasteiger partial charge is 0.141 e. The summed E-state index contributed by atoms with van der Waals surface area (Å²) in [6.07, 6.45) is 4.89. The van der Waals surface area contributed by atoms with Crippen molar-refractivity contribution in [2.75, 3.05) is 20.3 Å². The average molecular weight is 374 g/mol.